The Morgan fingerprint density at radius 1 is 1.20 bits per heavy atom. The second-order valence-corrected chi connectivity index (χ2v) is 7.24. The van der Waals surface area contributed by atoms with Gasteiger partial charge in [-0.15, -0.1) is 0 Å². The third-order valence-corrected chi connectivity index (χ3v) is 5.16. The van der Waals surface area contributed by atoms with Crippen molar-refractivity contribution in [2.24, 2.45) is 0 Å². The van der Waals surface area contributed by atoms with E-state index in [4.69, 9.17) is 0 Å². The highest BCUT2D eigenvalue weighted by atomic mass is 19.1. The fraction of sp³-hybridized carbons (Fsp3) is 0.182. The number of aromatic nitrogens is 4. The minimum Gasteiger partial charge on any atom is -0.320 e. The number of amides is 1. The number of nitrogens with one attached hydrogen (secondary N) is 2. The minimum atomic E-state index is -0.501. The molecule has 0 atom stereocenters. The predicted molar refractivity (Wildman–Crippen MR) is 113 cm³/mol. The van der Waals surface area contributed by atoms with Crippen LogP contribution >= 0.6 is 0 Å². The van der Waals surface area contributed by atoms with E-state index in [-0.39, 0.29) is 11.6 Å². The van der Waals surface area contributed by atoms with Gasteiger partial charge >= 0.3 is 0 Å². The Labute approximate surface area is 171 Å². The lowest BCUT2D eigenvalue weighted by atomic mass is 9.96. The van der Waals surface area contributed by atoms with Crippen molar-refractivity contribution in [1.82, 2.24) is 24.7 Å². The van der Waals surface area contributed by atoms with Crippen LogP contribution in [0.15, 0.2) is 49.1 Å². The zero-order chi connectivity index (χ0) is 20.7. The number of imidazole rings is 1. The van der Waals surface area contributed by atoms with Gasteiger partial charge in [0.2, 0.25) is 0 Å². The number of rotatable bonds is 3. The Morgan fingerprint density at radius 3 is 2.83 bits per heavy atom. The summed E-state index contributed by atoms with van der Waals surface area (Å²) in [5.41, 5.74) is 5.02. The van der Waals surface area contributed by atoms with Crippen molar-refractivity contribution < 1.29 is 9.18 Å². The molecule has 150 valence electrons. The first-order valence-corrected chi connectivity index (χ1v) is 9.70. The van der Waals surface area contributed by atoms with Crippen molar-refractivity contribution in [2.75, 3.05) is 18.4 Å². The van der Waals surface area contributed by atoms with Crippen molar-refractivity contribution in [2.45, 2.75) is 13.3 Å². The number of fused-ring (bicyclic) bond motifs is 2. The number of benzene rings is 1. The lowest BCUT2D eigenvalue weighted by Crippen LogP contribution is -2.20. The zero-order valence-corrected chi connectivity index (χ0v) is 16.3. The molecular weight excluding hydrogens is 383 g/mol. The zero-order valence-electron chi connectivity index (χ0n) is 16.3. The number of hydrogen-bond acceptors (Lipinski definition) is 5. The van der Waals surface area contributed by atoms with Gasteiger partial charge in [-0.1, -0.05) is 12.1 Å². The maximum absolute atomic E-state index is 14.4. The monoisotopic (exact) mass is 402 g/mol. The van der Waals surface area contributed by atoms with Gasteiger partial charge in [0, 0.05) is 43.0 Å². The molecule has 1 aliphatic rings. The predicted octanol–water partition coefficient (Wildman–Crippen LogP) is 3.35. The Morgan fingerprint density at radius 2 is 2.03 bits per heavy atom. The SMILES string of the molecule is Cc1cn2cc(NC(=O)c3ccc(C4=CCNCC4)c4nccnc34)cc(F)c2n1. The molecule has 30 heavy (non-hydrogen) atoms. The lowest BCUT2D eigenvalue weighted by molar-refractivity contribution is 0.102. The molecule has 1 aromatic carbocycles. The van der Waals surface area contributed by atoms with Gasteiger partial charge in [0.15, 0.2) is 11.5 Å². The van der Waals surface area contributed by atoms with Crippen LogP contribution in [0.3, 0.4) is 0 Å². The van der Waals surface area contributed by atoms with Crippen LogP contribution in [-0.2, 0) is 0 Å². The van der Waals surface area contributed by atoms with Crippen molar-refractivity contribution in [3.05, 3.63) is 71.7 Å². The van der Waals surface area contributed by atoms with Crippen LogP contribution in [0.4, 0.5) is 10.1 Å². The molecule has 2 N–H and O–H groups in total. The van der Waals surface area contributed by atoms with Gasteiger partial charge in [0.25, 0.3) is 5.91 Å². The van der Waals surface area contributed by atoms with E-state index in [9.17, 15) is 9.18 Å². The fourth-order valence-corrected chi connectivity index (χ4v) is 3.81. The number of carbonyl (C=O) groups is 1. The first-order chi connectivity index (χ1) is 14.6. The van der Waals surface area contributed by atoms with E-state index in [0.717, 1.165) is 25.1 Å². The van der Waals surface area contributed by atoms with Gasteiger partial charge in [-0.25, -0.2) is 9.37 Å². The van der Waals surface area contributed by atoms with Crippen LogP contribution in [0, 0.1) is 12.7 Å². The molecule has 1 aliphatic heterocycles. The standard InChI is InChI=1S/C22H19FN6O/c1-13-11-29-12-15(10-18(23)21(29)27-13)28-22(30)17-3-2-16(14-4-6-24-7-5-14)19-20(17)26-9-8-25-19/h2-4,8-12,24H,5-7H2,1H3,(H,28,30). The summed E-state index contributed by atoms with van der Waals surface area (Å²) in [7, 11) is 0. The molecule has 0 radical (unpaired) electrons. The summed E-state index contributed by atoms with van der Waals surface area (Å²) in [5, 5.41) is 6.07. The summed E-state index contributed by atoms with van der Waals surface area (Å²) in [6.07, 6.45) is 9.56. The highest BCUT2D eigenvalue weighted by Crippen LogP contribution is 2.28. The van der Waals surface area contributed by atoms with E-state index in [1.54, 1.807) is 42.2 Å². The highest BCUT2D eigenvalue weighted by molar-refractivity contribution is 6.12. The van der Waals surface area contributed by atoms with Gasteiger partial charge in [-0.3, -0.25) is 14.8 Å². The molecule has 7 nitrogen and oxygen atoms in total. The van der Waals surface area contributed by atoms with E-state index < -0.39 is 5.82 Å². The molecule has 4 aromatic rings. The Kier molecular flexibility index (Phi) is 4.48. The molecule has 0 fully saturated rings. The first-order valence-electron chi connectivity index (χ1n) is 9.70. The summed E-state index contributed by atoms with van der Waals surface area (Å²) in [6.45, 7) is 3.49. The number of anilines is 1. The largest absolute Gasteiger partial charge is 0.320 e. The smallest absolute Gasteiger partial charge is 0.257 e. The van der Waals surface area contributed by atoms with Gasteiger partial charge in [0.05, 0.1) is 22.5 Å². The lowest BCUT2D eigenvalue weighted by Gasteiger charge is -2.16. The van der Waals surface area contributed by atoms with E-state index in [1.807, 2.05) is 6.07 Å². The van der Waals surface area contributed by atoms with Crippen LogP contribution < -0.4 is 10.6 Å². The van der Waals surface area contributed by atoms with Crippen LogP contribution in [0.1, 0.15) is 28.0 Å². The topological polar surface area (TPSA) is 84.2 Å². The average Bonchev–Trinajstić information content (AvgIpc) is 3.14. The quantitative estimate of drug-likeness (QED) is 0.549. The maximum Gasteiger partial charge on any atom is 0.257 e. The third-order valence-electron chi connectivity index (χ3n) is 5.16. The summed E-state index contributed by atoms with van der Waals surface area (Å²) in [4.78, 5) is 26.1. The van der Waals surface area contributed by atoms with Crippen molar-refractivity contribution in [1.29, 1.82) is 0 Å². The Bertz CT molecular complexity index is 1330. The Hall–Kier alpha value is -3.65. The molecular formula is C22H19FN6O. The second-order valence-electron chi connectivity index (χ2n) is 7.24. The second kappa shape index (κ2) is 7.31. The number of nitrogens with zero attached hydrogens (tertiary/aromatic N) is 4. The van der Waals surface area contributed by atoms with E-state index in [1.165, 1.54) is 11.6 Å². The van der Waals surface area contributed by atoms with Crippen molar-refractivity contribution >= 4 is 33.8 Å². The van der Waals surface area contributed by atoms with Crippen LogP contribution in [0.25, 0.3) is 22.3 Å². The van der Waals surface area contributed by atoms with E-state index >= 15 is 0 Å². The highest BCUT2D eigenvalue weighted by Gasteiger charge is 2.18. The third kappa shape index (κ3) is 3.21. The molecule has 0 unspecified atom stereocenters. The maximum atomic E-state index is 14.4. The van der Waals surface area contributed by atoms with Gasteiger partial charge in [0.1, 0.15) is 5.52 Å². The summed E-state index contributed by atoms with van der Waals surface area (Å²) < 4.78 is 15.9. The summed E-state index contributed by atoms with van der Waals surface area (Å²) >= 11 is 0. The van der Waals surface area contributed by atoms with Gasteiger partial charge < -0.3 is 15.0 Å². The average molecular weight is 402 g/mol. The first kappa shape index (κ1) is 18.4. The number of pyridine rings is 1. The Balaban J connectivity index is 1.53. The number of hydrogen-bond donors (Lipinski definition) is 2. The van der Waals surface area contributed by atoms with Crippen molar-refractivity contribution in [3.63, 3.8) is 0 Å². The van der Waals surface area contributed by atoms with Gasteiger partial charge in [-0.2, -0.15) is 0 Å². The molecule has 1 amide bonds. The summed E-state index contributed by atoms with van der Waals surface area (Å²) in [6, 6.07) is 4.93. The molecule has 5 rings (SSSR count). The molecule has 0 aliphatic carbocycles. The molecule has 0 saturated heterocycles. The van der Waals surface area contributed by atoms with Crippen LogP contribution in [-0.4, -0.2) is 38.3 Å². The van der Waals surface area contributed by atoms with Crippen LogP contribution in [0.5, 0.6) is 0 Å². The van der Waals surface area contributed by atoms with Gasteiger partial charge in [-0.05, 0) is 31.5 Å². The fourth-order valence-electron chi connectivity index (χ4n) is 3.81. The molecule has 4 heterocycles. The molecule has 0 bridgehead atoms. The normalized spacial score (nSPS) is 14.1. The number of carbonyl (C=O) groups excluding carboxylic acids is 1. The molecule has 8 heteroatoms. The van der Waals surface area contributed by atoms with E-state index in [0.29, 0.717) is 28.0 Å². The molecule has 0 spiro atoms. The molecule has 0 saturated carbocycles. The number of aryl methyl sites for hydroxylation is 1. The molecule has 3 aromatic heterocycles. The van der Waals surface area contributed by atoms with E-state index in [2.05, 4.69) is 31.7 Å². The van der Waals surface area contributed by atoms with Crippen LogP contribution in [0.2, 0.25) is 0 Å². The number of halogens is 1. The summed E-state index contributed by atoms with van der Waals surface area (Å²) in [5.74, 6) is -0.874. The minimum absolute atomic E-state index is 0.224. The van der Waals surface area contributed by atoms with Crippen molar-refractivity contribution in [3.8, 4) is 0 Å².